The van der Waals surface area contributed by atoms with Crippen LogP contribution in [0.3, 0.4) is 0 Å². The van der Waals surface area contributed by atoms with Gasteiger partial charge in [0, 0.05) is 0 Å². The lowest BCUT2D eigenvalue weighted by Gasteiger charge is -2.26. The summed E-state index contributed by atoms with van der Waals surface area (Å²) in [5.74, 6) is -0.304. The summed E-state index contributed by atoms with van der Waals surface area (Å²) < 4.78 is 9.51. The molecule has 0 aromatic rings. The average Bonchev–Trinajstić information content (AvgIpc) is 2.18. The van der Waals surface area contributed by atoms with Crippen LogP contribution in [-0.2, 0) is 19.1 Å². The summed E-state index contributed by atoms with van der Waals surface area (Å²) in [4.78, 5) is 21.8. The molecule has 0 saturated heterocycles. The number of hydrogen-bond donors (Lipinski definition) is 0. The molecule has 2 unspecified atom stereocenters. The van der Waals surface area contributed by atoms with Crippen molar-refractivity contribution >= 4 is 20.3 Å². The summed E-state index contributed by atoms with van der Waals surface area (Å²) in [5, 5.41) is 0. The Kier molecular flexibility index (Phi) is 6.05. The first-order valence-corrected chi connectivity index (χ1v) is 5.30. The molecule has 0 amide bonds. The average molecular weight is 214 g/mol. The third-order valence-corrected chi connectivity index (χ3v) is 2.60. The first-order valence-electron chi connectivity index (χ1n) is 5.30. The van der Waals surface area contributed by atoms with Gasteiger partial charge in [0.1, 0.15) is 0 Å². The zero-order valence-corrected chi connectivity index (χ0v) is 9.91. The van der Waals surface area contributed by atoms with Gasteiger partial charge in [-0.05, 0) is 19.8 Å². The van der Waals surface area contributed by atoms with E-state index in [1.54, 1.807) is 0 Å². The van der Waals surface area contributed by atoms with Crippen LogP contribution in [0.1, 0.15) is 40.0 Å². The Balaban J connectivity index is 4.32. The van der Waals surface area contributed by atoms with Gasteiger partial charge >= 0.3 is 5.97 Å². The molecule has 5 heteroatoms. The monoisotopic (exact) mass is 214 g/mol. The Morgan fingerprint density at radius 2 is 2.13 bits per heavy atom. The van der Waals surface area contributed by atoms with Crippen LogP contribution in [0.15, 0.2) is 0 Å². The summed E-state index contributed by atoms with van der Waals surface area (Å²) in [5.41, 5.74) is -0.477. The van der Waals surface area contributed by atoms with Gasteiger partial charge in [-0.1, -0.05) is 20.3 Å². The van der Waals surface area contributed by atoms with Crippen molar-refractivity contribution in [2.45, 2.75) is 46.2 Å². The summed E-state index contributed by atoms with van der Waals surface area (Å²) in [6, 6.07) is 0. The highest BCUT2D eigenvalue weighted by Gasteiger charge is 2.33. The zero-order valence-electron chi connectivity index (χ0n) is 9.91. The number of ether oxygens (including phenoxy) is 2. The lowest BCUT2D eigenvalue weighted by molar-refractivity contribution is -0.176. The molecule has 0 heterocycles. The topological polar surface area (TPSA) is 52.6 Å². The van der Waals surface area contributed by atoms with E-state index in [1.165, 1.54) is 7.85 Å². The SMILES string of the molecule is BC(OC=O)OC(=O)C(C)(CC)CCC. The highest BCUT2D eigenvalue weighted by Crippen LogP contribution is 2.29. The fourth-order valence-corrected chi connectivity index (χ4v) is 1.37. The molecule has 0 rings (SSSR count). The molecule has 86 valence electrons. The third kappa shape index (κ3) is 4.36. The Morgan fingerprint density at radius 3 is 2.53 bits per heavy atom. The number of rotatable bonds is 7. The van der Waals surface area contributed by atoms with Gasteiger partial charge < -0.3 is 9.47 Å². The Hall–Kier alpha value is -0.995. The van der Waals surface area contributed by atoms with Crippen LogP contribution in [0.2, 0.25) is 0 Å². The minimum absolute atomic E-state index is 0.279. The molecule has 0 fully saturated rings. The Bertz CT molecular complexity index is 219. The number of esters is 1. The molecular formula is C10H19BO4. The van der Waals surface area contributed by atoms with Crippen LogP contribution in [0.4, 0.5) is 0 Å². The maximum Gasteiger partial charge on any atom is 0.314 e. The van der Waals surface area contributed by atoms with Gasteiger partial charge in [-0.2, -0.15) is 0 Å². The molecule has 0 spiro atoms. The maximum absolute atomic E-state index is 11.8. The predicted octanol–water partition coefficient (Wildman–Crippen LogP) is 0.836. The first-order chi connectivity index (χ1) is 7.00. The summed E-state index contributed by atoms with van der Waals surface area (Å²) in [7, 11) is 1.52. The molecule has 0 radical (unpaired) electrons. The van der Waals surface area contributed by atoms with Crippen molar-refractivity contribution in [1.29, 1.82) is 0 Å². The molecule has 0 aromatic carbocycles. The van der Waals surface area contributed by atoms with Gasteiger partial charge in [0.2, 0.25) is 14.0 Å². The highest BCUT2D eigenvalue weighted by molar-refractivity contribution is 6.11. The fourth-order valence-electron chi connectivity index (χ4n) is 1.37. The second kappa shape index (κ2) is 6.48. The second-order valence-electron chi connectivity index (χ2n) is 3.87. The van der Waals surface area contributed by atoms with Crippen molar-refractivity contribution in [3.05, 3.63) is 0 Å². The van der Waals surface area contributed by atoms with E-state index in [0.717, 1.165) is 12.8 Å². The molecule has 0 aliphatic carbocycles. The quantitative estimate of drug-likeness (QED) is 0.272. The fraction of sp³-hybridized carbons (Fsp3) is 0.800. The molecule has 4 nitrogen and oxygen atoms in total. The van der Waals surface area contributed by atoms with Gasteiger partial charge in [-0.3, -0.25) is 9.59 Å². The highest BCUT2D eigenvalue weighted by atomic mass is 16.7. The maximum atomic E-state index is 11.8. The number of hydrogen-bond acceptors (Lipinski definition) is 4. The van der Waals surface area contributed by atoms with Gasteiger partial charge in [0.15, 0.2) is 0 Å². The van der Waals surface area contributed by atoms with E-state index >= 15 is 0 Å². The molecule has 0 bridgehead atoms. The van der Waals surface area contributed by atoms with Crippen molar-refractivity contribution in [2.24, 2.45) is 5.41 Å². The number of carbonyl (C=O) groups excluding carboxylic acids is 2. The van der Waals surface area contributed by atoms with Crippen molar-refractivity contribution in [3.63, 3.8) is 0 Å². The Labute approximate surface area is 91.7 Å². The van der Waals surface area contributed by atoms with Crippen LogP contribution < -0.4 is 0 Å². The lowest BCUT2D eigenvalue weighted by Crippen LogP contribution is -2.33. The molecule has 0 aliphatic heterocycles. The van der Waals surface area contributed by atoms with Crippen LogP contribution in [0.25, 0.3) is 0 Å². The van der Waals surface area contributed by atoms with Gasteiger partial charge in [0.05, 0.1) is 5.41 Å². The third-order valence-electron chi connectivity index (χ3n) is 2.60. The number of carbonyl (C=O) groups is 2. The van der Waals surface area contributed by atoms with E-state index in [0.29, 0.717) is 6.42 Å². The molecule has 2 atom stereocenters. The first kappa shape index (κ1) is 14.0. The molecule has 0 N–H and O–H groups in total. The van der Waals surface area contributed by atoms with E-state index in [4.69, 9.17) is 4.74 Å². The van der Waals surface area contributed by atoms with Crippen LogP contribution in [0.5, 0.6) is 0 Å². The molecule has 15 heavy (non-hydrogen) atoms. The van der Waals surface area contributed by atoms with E-state index < -0.39 is 11.6 Å². The van der Waals surface area contributed by atoms with Gasteiger partial charge in [0.25, 0.3) is 6.47 Å². The minimum atomic E-state index is -0.808. The molecule has 0 saturated carbocycles. The van der Waals surface area contributed by atoms with Crippen molar-refractivity contribution in [2.75, 3.05) is 0 Å². The van der Waals surface area contributed by atoms with Crippen molar-refractivity contribution < 1.29 is 19.1 Å². The normalized spacial score (nSPS) is 16.2. The summed E-state index contributed by atoms with van der Waals surface area (Å²) in [6.45, 7) is 6.11. The van der Waals surface area contributed by atoms with Crippen molar-refractivity contribution in [3.8, 4) is 0 Å². The zero-order chi connectivity index (χ0) is 11.9. The van der Waals surface area contributed by atoms with Crippen LogP contribution in [0, 0.1) is 5.41 Å². The molecule has 0 aromatic heterocycles. The van der Waals surface area contributed by atoms with Crippen LogP contribution >= 0.6 is 0 Å². The molecule has 0 aliphatic rings. The van der Waals surface area contributed by atoms with Crippen LogP contribution in [-0.4, -0.2) is 26.5 Å². The predicted molar refractivity (Wildman–Crippen MR) is 58.9 cm³/mol. The smallest absolute Gasteiger partial charge is 0.314 e. The minimum Gasteiger partial charge on any atom is -0.437 e. The van der Waals surface area contributed by atoms with E-state index in [-0.39, 0.29) is 12.4 Å². The lowest BCUT2D eigenvalue weighted by atomic mass is 9.83. The van der Waals surface area contributed by atoms with Gasteiger partial charge in [-0.25, -0.2) is 0 Å². The Morgan fingerprint density at radius 1 is 1.53 bits per heavy atom. The summed E-state index contributed by atoms with van der Waals surface area (Å²) >= 11 is 0. The van der Waals surface area contributed by atoms with E-state index in [1.807, 2.05) is 20.8 Å². The van der Waals surface area contributed by atoms with Crippen molar-refractivity contribution in [1.82, 2.24) is 0 Å². The van der Waals surface area contributed by atoms with E-state index in [2.05, 4.69) is 4.74 Å². The molecular weight excluding hydrogens is 195 g/mol. The standard InChI is InChI=1S/C10H19BO4/c1-4-6-10(3,5-2)8(13)15-9(11)14-7-12/h7,9H,4-6,11H2,1-3H3. The van der Waals surface area contributed by atoms with E-state index in [9.17, 15) is 9.59 Å². The van der Waals surface area contributed by atoms with Gasteiger partial charge in [-0.15, -0.1) is 0 Å². The second-order valence-corrected chi connectivity index (χ2v) is 3.87. The largest absolute Gasteiger partial charge is 0.437 e. The summed E-state index contributed by atoms with van der Waals surface area (Å²) in [6.07, 6.45) is 1.60.